The van der Waals surface area contributed by atoms with E-state index < -0.39 is 7.05 Å². The van der Waals surface area contributed by atoms with Crippen LogP contribution in [-0.2, 0) is 6.54 Å². The summed E-state index contributed by atoms with van der Waals surface area (Å²) in [7, 11) is -0.477. The highest BCUT2D eigenvalue weighted by atomic mass is 127. The SMILES string of the molecule is CB(O)NCc1ccc(N)c(I)c1. The number of rotatable bonds is 3. The molecule has 0 aliphatic carbocycles. The maximum atomic E-state index is 9.00. The van der Waals surface area contributed by atoms with Crippen molar-refractivity contribution in [2.45, 2.75) is 13.4 Å². The molecule has 3 nitrogen and oxygen atoms in total. The Balaban J connectivity index is 2.63. The third-order valence-electron chi connectivity index (χ3n) is 1.67. The van der Waals surface area contributed by atoms with Crippen LogP contribution in [0.3, 0.4) is 0 Å². The van der Waals surface area contributed by atoms with Crippen molar-refractivity contribution in [3.05, 3.63) is 27.3 Å². The Kier molecular flexibility index (Phi) is 4.02. The van der Waals surface area contributed by atoms with E-state index in [0.717, 1.165) is 14.8 Å². The Morgan fingerprint density at radius 3 is 2.85 bits per heavy atom. The lowest BCUT2D eigenvalue weighted by molar-refractivity contribution is 0.554. The molecule has 0 aliphatic rings. The lowest BCUT2D eigenvalue weighted by Gasteiger charge is -2.06. The van der Waals surface area contributed by atoms with Crippen molar-refractivity contribution < 1.29 is 5.02 Å². The molecule has 4 N–H and O–H groups in total. The minimum absolute atomic E-state index is 0.477. The minimum Gasteiger partial charge on any atom is -0.437 e. The first-order chi connectivity index (χ1) is 6.09. The molecule has 0 unspecified atom stereocenters. The number of hydrogen-bond acceptors (Lipinski definition) is 3. The van der Waals surface area contributed by atoms with Gasteiger partial charge in [-0.1, -0.05) is 6.07 Å². The lowest BCUT2D eigenvalue weighted by atomic mass is 9.88. The van der Waals surface area contributed by atoms with Crippen molar-refractivity contribution in [1.82, 2.24) is 5.23 Å². The van der Waals surface area contributed by atoms with Gasteiger partial charge in [0.2, 0.25) is 0 Å². The molecule has 1 rings (SSSR count). The lowest BCUT2D eigenvalue weighted by Crippen LogP contribution is -2.29. The fourth-order valence-electron chi connectivity index (χ4n) is 0.946. The zero-order chi connectivity index (χ0) is 9.84. The Morgan fingerprint density at radius 1 is 1.62 bits per heavy atom. The fraction of sp³-hybridized carbons (Fsp3) is 0.250. The van der Waals surface area contributed by atoms with Crippen molar-refractivity contribution in [3.8, 4) is 0 Å². The van der Waals surface area contributed by atoms with Crippen molar-refractivity contribution in [3.63, 3.8) is 0 Å². The fourth-order valence-corrected chi connectivity index (χ4v) is 1.53. The maximum Gasteiger partial charge on any atom is 0.373 e. The highest BCUT2D eigenvalue weighted by molar-refractivity contribution is 14.1. The van der Waals surface area contributed by atoms with E-state index in [9.17, 15) is 0 Å². The molecule has 1 aromatic rings. The second-order valence-electron chi connectivity index (χ2n) is 2.91. The molecule has 0 heterocycles. The average Bonchev–Trinajstić information content (AvgIpc) is 2.07. The topological polar surface area (TPSA) is 58.3 Å². The molecule has 0 fully saturated rings. The van der Waals surface area contributed by atoms with E-state index in [1.54, 1.807) is 6.82 Å². The molecule has 0 saturated carbocycles. The van der Waals surface area contributed by atoms with Crippen LogP contribution in [0.15, 0.2) is 18.2 Å². The first-order valence-electron chi connectivity index (χ1n) is 4.05. The van der Waals surface area contributed by atoms with E-state index in [0.29, 0.717) is 6.54 Å². The number of nitrogens with two attached hydrogens (primary N) is 1. The highest BCUT2D eigenvalue weighted by Crippen LogP contribution is 2.15. The molecule has 70 valence electrons. The Hall–Kier alpha value is -0.265. The van der Waals surface area contributed by atoms with E-state index in [4.69, 9.17) is 10.8 Å². The zero-order valence-electron chi connectivity index (χ0n) is 7.42. The monoisotopic (exact) mass is 290 g/mol. The third kappa shape index (κ3) is 3.54. The summed E-state index contributed by atoms with van der Waals surface area (Å²) < 4.78 is 1.04. The molecule has 0 aromatic heterocycles. The van der Waals surface area contributed by atoms with E-state index in [1.165, 1.54) is 0 Å². The average molecular weight is 290 g/mol. The summed E-state index contributed by atoms with van der Waals surface area (Å²) in [5, 5.41) is 11.9. The van der Waals surface area contributed by atoms with Gasteiger partial charge in [-0.05, 0) is 47.1 Å². The largest absolute Gasteiger partial charge is 0.437 e. The van der Waals surface area contributed by atoms with Crippen LogP contribution >= 0.6 is 22.6 Å². The molecule has 0 aliphatic heterocycles. The van der Waals surface area contributed by atoms with Gasteiger partial charge in [-0.25, -0.2) is 0 Å². The van der Waals surface area contributed by atoms with E-state index in [-0.39, 0.29) is 0 Å². The summed E-state index contributed by atoms with van der Waals surface area (Å²) in [5.74, 6) is 0. The van der Waals surface area contributed by atoms with Crippen LogP contribution < -0.4 is 11.0 Å². The summed E-state index contributed by atoms with van der Waals surface area (Å²) in [5.41, 5.74) is 7.58. The molecular weight excluding hydrogens is 278 g/mol. The van der Waals surface area contributed by atoms with Crippen LogP contribution in [0.2, 0.25) is 6.82 Å². The standard InChI is InChI=1S/C8H12BIN2O/c1-9(13)12-5-6-2-3-8(11)7(10)4-6/h2-4,12-13H,5,11H2,1H3. The minimum atomic E-state index is -0.477. The number of hydrogen-bond donors (Lipinski definition) is 3. The van der Waals surface area contributed by atoms with Gasteiger partial charge in [-0.2, -0.15) is 0 Å². The molecule has 0 atom stereocenters. The number of nitrogens with one attached hydrogen (secondary N) is 1. The number of nitrogen functional groups attached to an aromatic ring is 1. The number of halogens is 1. The van der Waals surface area contributed by atoms with Crippen LogP contribution in [0.4, 0.5) is 5.69 Å². The Labute approximate surface area is 92.0 Å². The van der Waals surface area contributed by atoms with Gasteiger partial charge in [0.15, 0.2) is 0 Å². The molecular formula is C8H12BIN2O. The Bertz CT molecular complexity index is 293. The summed E-state index contributed by atoms with van der Waals surface area (Å²) in [6, 6.07) is 5.83. The second kappa shape index (κ2) is 4.83. The highest BCUT2D eigenvalue weighted by Gasteiger charge is 2.02. The molecule has 0 radical (unpaired) electrons. The van der Waals surface area contributed by atoms with Crippen molar-refractivity contribution in [2.24, 2.45) is 0 Å². The molecule has 1 aromatic carbocycles. The normalized spacial score (nSPS) is 10.1. The van der Waals surface area contributed by atoms with Gasteiger partial charge in [-0.3, -0.25) is 0 Å². The molecule has 0 amide bonds. The predicted octanol–water partition coefficient (Wildman–Crippen LogP) is 1.07. The van der Waals surface area contributed by atoms with Gasteiger partial charge in [0.25, 0.3) is 0 Å². The van der Waals surface area contributed by atoms with E-state index in [1.807, 2.05) is 18.2 Å². The van der Waals surface area contributed by atoms with Crippen molar-refractivity contribution >= 4 is 35.3 Å². The van der Waals surface area contributed by atoms with Crippen LogP contribution in [0, 0.1) is 3.57 Å². The van der Waals surface area contributed by atoms with Crippen molar-refractivity contribution in [2.75, 3.05) is 5.73 Å². The van der Waals surface area contributed by atoms with Gasteiger partial charge < -0.3 is 16.0 Å². The summed E-state index contributed by atoms with van der Waals surface area (Å²) >= 11 is 2.19. The molecule has 0 bridgehead atoms. The molecule has 13 heavy (non-hydrogen) atoms. The molecule has 0 saturated heterocycles. The summed E-state index contributed by atoms with van der Waals surface area (Å²) in [6.45, 7) is 2.36. The quantitative estimate of drug-likeness (QED) is 0.443. The number of benzene rings is 1. The second-order valence-corrected chi connectivity index (χ2v) is 4.07. The molecule has 0 spiro atoms. The first kappa shape index (κ1) is 10.8. The first-order valence-corrected chi connectivity index (χ1v) is 5.13. The molecule has 5 heteroatoms. The predicted molar refractivity (Wildman–Crippen MR) is 64.2 cm³/mol. The van der Waals surface area contributed by atoms with Gasteiger partial charge in [-0.15, -0.1) is 0 Å². The van der Waals surface area contributed by atoms with Gasteiger partial charge >= 0.3 is 7.05 Å². The van der Waals surface area contributed by atoms with E-state index >= 15 is 0 Å². The zero-order valence-corrected chi connectivity index (χ0v) is 9.58. The number of anilines is 1. The van der Waals surface area contributed by atoms with Crippen LogP contribution in [0.1, 0.15) is 5.56 Å². The van der Waals surface area contributed by atoms with Crippen LogP contribution in [0.25, 0.3) is 0 Å². The van der Waals surface area contributed by atoms with Gasteiger partial charge in [0, 0.05) is 15.8 Å². The third-order valence-corrected chi connectivity index (χ3v) is 2.60. The Morgan fingerprint density at radius 2 is 2.31 bits per heavy atom. The van der Waals surface area contributed by atoms with Crippen LogP contribution in [-0.4, -0.2) is 12.1 Å². The van der Waals surface area contributed by atoms with Crippen molar-refractivity contribution in [1.29, 1.82) is 0 Å². The van der Waals surface area contributed by atoms with Gasteiger partial charge in [0.1, 0.15) is 0 Å². The van der Waals surface area contributed by atoms with E-state index in [2.05, 4.69) is 27.8 Å². The van der Waals surface area contributed by atoms with Gasteiger partial charge in [0.05, 0.1) is 0 Å². The summed E-state index contributed by atoms with van der Waals surface area (Å²) in [4.78, 5) is 0. The summed E-state index contributed by atoms with van der Waals surface area (Å²) in [6.07, 6.45) is 0. The maximum absolute atomic E-state index is 9.00. The smallest absolute Gasteiger partial charge is 0.373 e. The van der Waals surface area contributed by atoms with Crippen LogP contribution in [0.5, 0.6) is 0 Å².